The summed E-state index contributed by atoms with van der Waals surface area (Å²) in [6, 6.07) is 23.0. The maximum atomic E-state index is 11.5. The molecule has 24 heavy (non-hydrogen) atoms. The molecule has 118 valence electrons. The van der Waals surface area contributed by atoms with Crippen LogP contribution in [0.4, 0.5) is 5.69 Å². The average Bonchev–Trinajstić information content (AvgIpc) is 2.61. The van der Waals surface area contributed by atoms with Gasteiger partial charge in [-0.15, -0.1) is 0 Å². The third-order valence-electron chi connectivity index (χ3n) is 3.67. The number of carbonyl (C=O) groups is 1. The van der Waals surface area contributed by atoms with Crippen LogP contribution < -0.4 is 5.32 Å². The van der Waals surface area contributed by atoms with Crippen molar-refractivity contribution in [2.75, 3.05) is 5.32 Å². The molecule has 1 N–H and O–H groups in total. The van der Waals surface area contributed by atoms with Crippen LogP contribution in [0.1, 0.15) is 24.3 Å². The quantitative estimate of drug-likeness (QED) is 0.573. The lowest BCUT2D eigenvalue weighted by atomic mass is 10.1. The SMILES string of the molecule is CC(=O)OC(Nc1ccc(C#N)cc1)c1ccc2ccccc2c1. The van der Waals surface area contributed by atoms with Crippen molar-refractivity contribution >= 4 is 22.4 Å². The van der Waals surface area contributed by atoms with Crippen LogP contribution in [0.3, 0.4) is 0 Å². The molecule has 0 aliphatic heterocycles. The zero-order valence-corrected chi connectivity index (χ0v) is 13.2. The lowest BCUT2D eigenvalue weighted by Gasteiger charge is -2.20. The Bertz CT molecular complexity index is 911. The molecule has 0 radical (unpaired) electrons. The fraction of sp³-hybridized carbons (Fsp3) is 0.100. The number of carbonyl (C=O) groups excluding carboxylic acids is 1. The zero-order chi connectivity index (χ0) is 16.9. The Morgan fingerprint density at radius 2 is 1.75 bits per heavy atom. The van der Waals surface area contributed by atoms with Crippen molar-refractivity contribution < 1.29 is 9.53 Å². The smallest absolute Gasteiger partial charge is 0.304 e. The molecule has 0 amide bonds. The summed E-state index contributed by atoms with van der Waals surface area (Å²) >= 11 is 0. The lowest BCUT2D eigenvalue weighted by molar-refractivity contribution is -0.145. The minimum atomic E-state index is -0.597. The van der Waals surface area contributed by atoms with Gasteiger partial charge in [-0.3, -0.25) is 4.79 Å². The molecular formula is C20H16N2O2. The number of nitriles is 1. The highest BCUT2D eigenvalue weighted by molar-refractivity contribution is 5.83. The summed E-state index contributed by atoms with van der Waals surface area (Å²) in [5, 5.41) is 14.3. The van der Waals surface area contributed by atoms with Crippen LogP contribution >= 0.6 is 0 Å². The van der Waals surface area contributed by atoms with Crippen LogP contribution in [0.2, 0.25) is 0 Å². The van der Waals surface area contributed by atoms with Crippen molar-refractivity contribution in [2.24, 2.45) is 0 Å². The van der Waals surface area contributed by atoms with Gasteiger partial charge in [0.2, 0.25) is 0 Å². The van der Waals surface area contributed by atoms with Crippen LogP contribution in [-0.4, -0.2) is 5.97 Å². The summed E-state index contributed by atoms with van der Waals surface area (Å²) in [5.74, 6) is -0.366. The van der Waals surface area contributed by atoms with Crippen molar-refractivity contribution in [3.05, 3.63) is 77.9 Å². The van der Waals surface area contributed by atoms with E-state index < -0.39 is 6.23 Å². The van der Waals surface area contributed by atoms with Gasteiger partial charge in [0.25, 0.3) is 0 Å². The van der Waals surface area contributed by atoms with E-state index in [1.54, 1.807) is 24.3 Å². The van der Waals surface area contributed by atoms with Crippen LogP contribution in [0.25, 0.3) is 10.8 Å². The number of ether oxygens (including phenoxy) is 1. The van der Waals surface area contributed by atoms with Gasteiger partial charge in [0.1, 0.15) is 0 Å². The zero-order valence-electron chi connectivity index (χ0n) is 13.2. The van der Waals surface area contributed by atoms with Gasteiger partial charge in [0.05, 0.1) is 11.6 Å². The van der Waals surface area contributed by atoms with E-state index in [1.165, 1.54) is 6.92 Å². The van der Waals surface area contributed by atoms with Crippen LogP contribution in [0.15, 0.2) is 66.7 Å². The third-order valence-corrected chi connectivity index (χ3v) is 3.67. The summed E-state index contributed by atoms with van der Waals surface area (Å²) in [4.78, 5) is 11.5. The van der Waals surface area contributed by atoms with Gasteiger partial charge < -0.3 is 10.1 Å². The number of anilines is 1. The molecule has 0 aliphatic rings. The Hall–Kier alpha value is -3.32. The van der Waals surface area contributed by atoms with Gasteiger partial charge >= 0.3 is 5.97 Å². The Morgan fingerprint density at radius 1 is 1.04 bits per heavy atom. The first-order valence-electron chi connectivity index (χ1n) is 7.58. The number of hydrogen-bond acceptors (Lipinski definition) is 4. The first kappa shape index (κ1) is 15.6. The number of nitrogens with one attached hydrogen (secondary N) is 1. The number of rotatable bonds is 4. The number of hydrogen-bond donors (Lipinski definition) is 1. The molecule has 0 spiro atoms. The van der Waals surface area contributed by atoms with Crippen LogP contribution in [0, 0.1) is 11.3 Å². The summed E-state index contributed by atoms with van der Waals surface area (Å²) in [6.45, 7) is 1.38. The second-order valence-corrected chi connectivity index (χ2v) is 5.43. The van der Waals surface area contributed by atoms with E-state index in [9.17, 15) is 4.79 Å². The van der Waals surface area contributed by atoms with E-state index in [2.05, 4.69) is 11.4 Å². The van der Waals surface area contributed by atoms with Gasteiger partial charge in [0, 0.05) is 18.2 Å². The number of fused-ring (bicyclic) bond motifs is 1. The van der Waals surface area contributed by atoms with Crippen molar-refractivity contribution in [1.82, 2.24) is 0 Å². The van der Waals surface area contributed by atoms with Gasteiger partial charge in [0.15, 0.2) is 6.23 Å². The number of benzene rings is 3. The molecule has 1 atom stereocenters. The van der Waals surface area contributed by atoms with Crippen molar-refractivity contribution in [1.29, 1.82) is 5.26 Å². The average molecular weight is 316 g/mol. The molecule has 0 heterocycles. The highest BCUT2D eigenvalue weighted by Gasteiger charge is 2.15. The van der Waals surface area contributed by atoms with Gasteiger partial charge in [-0.25, -0.2) is 0 Å². The predicted molar refractivity (Wildman–Crippen MR) is 93.2 cm³/mol. The van der Waals surface area contributed by atoms with Gasteiger partial charge in [-0.05, 0) is 41.1 Å². The van der Waals surface area contributed by atoms with Crippen molar-refractivity contribution in [3.8, 4) is 6.07 Å². The molecule has 0 saturated carbocycles. The Balaban J connectivity index is 1.91. The molecule has 0 fully saturated rings. The molecule has 0 aromatic heterocycles. The Labute approximate surface area is 140 Å². The van der Waals surface area contributed by atoms with Crippen molar-refractivity contribution in [3.63, 3.8) is 0 Å². The summed E-state index contributed by atoms with van der Waals surface area (Å²) in [5.41, 5.74) is 2.21. The fourth-order valence-corrected chi connectivity index (χ4v) is 2.51. The molecular weight excluding hydrogens is 300 g/mol. The predicted octanol–water partition coefficient (Wildman–Crippen LogP) is 4.39. The molecule has 3 aromatic carbocycles. The molecule has 0 aliphatic carbocycles. The van der Waals surface area contributed by atoms with E-state index in [-0.39, 0.29) is 5.97 Å². The number of nitrogens with zero attached hydrogens (tertiary/aromatic N) is 1. The van der Waals surface area contributed by atoms with E-state index in [0.717, 1.165) is 22.0 Å². The third kappa shape index (κ3) is 3.53. The van der Waals surface area contributed by atoms with E-state index in [1.807, 2.05) is 42.5 Å². The van der Waals surface area contributed by atoms with Gasteiger partial charge in [-0.2, -0.15) is 5.26 Å². The minimum Gasteiger partial charge on any atom is -0.438 e. The largest absolute Gasteiger partial charge is 0.438 e. The molecule has 4 heteroatoms. The molecule has 3 rings (SSSR count). The standard InChI is InChI=1S/C20H16N2O2/c1-14(23)24-20(22-19-10-6-15(13-21)7-11-19)18-9-8-16-4-2-3-5-17(16)12-18/h2-12,20,22H,1H3. The van der Waals surface area contributed by atoms with Gasteiger partial charge in [-0.1, -0.05) is 36.4 Å². The van der Waals surface area contributed by atoms with Crippen LogP contribution in [-0.2, 0) is 9.53 Å². The van der Waals surface area contributed by atoms with E-state index in [0.29, 0.717) is 5.56 Å². The molecule has 0 bridgehead atoms. The summed E-state index contributed by atoms with van der Waals surface area (Å²) < 4.78 is 5.43. The minimum absolute atomic E-state index is 0.366. The normalized spacial score (nSPS) is 11.5. The maximum Gasteiger partial charge on any atom is 0.304 e. The Kier molecular flexibility index (Phi) is 4.44. The second-order valence-electron chi connectivity index (χ2n) is 5.43. The first-order valence-corrected chi connectivity index (χ1v) is 7.58. The van der Waals surface area contributed by atoms with E-state index in [4.69, 9.17) is 10.00 Å². The molecule has 3 aromatic rings. The summed E-state index contributed by atoms with van der Waals surface area (Å²) in [6.07, 6.45) is -0.597. The lowest BCUT2D eigenvalue weighted by Crippen LogP contribution is -2.17. The topological polar surface area (TPSA) is 62.1 Å². The summed E-state index contributed by atoms with van der Waals surface area (Å²) in [7, 11) is 0. The fourth-order valence-electron chi connectivity index (χ4n) is 2.51. The van der Waals surface area contributed by atoms with Crippen molar-refractivity contribution in [2.45, 2.75) is 13.2 Å². The number of esters is 1. The first-order chi connectivity index (χ1) is 11.7. The molecule has 1 unspecified atom stereocenters. The molecule has 0 saturated heterocycles. The maximum absolute atomic E-state index is 11.5. The van der Waals surface area contributed by atoms with E-state index >= 15 is 0 Å². The second kappa shape index (κ2) is 6.84. The molecule has 4 nitrogen and oxygen atoms in total. The highest BCUT2D eigenvalue weighted by Crippen LogP contribution is 2.25. The Morgan fingerprint density at radius 3 is 2.42 bits per heavy atom. The van der Waals surface area contributed by atoms with Crippen LogP contribution in [0.5, 0.6) is 0 Å². The highest BCUT2D eigenvalue weighted by atomic mass is 16.6. The monoisotopic (exact) mass is 316 g/mol.